The summed E-state index contributed by atoms with van der Waals surface area (Å²) in [4.78, 5) is 88.4. The van der Waals surface area contributed by atoms with Crippen molar-refractivity contribution in [2.24, 2.45) is 23.2 Å². The monoisotopic (exact) mass is 954 g/mol. The molecule has 70 heavy (non-hydrogen) atoms. The number of imidazole rings is 1. The fourth-order valence-electron chi connectivity index (χ4n) is 11.5. The van der Waals surface area contributed by atoms with Crippen LogP contribution in [-0.2, 0) is 31.9 Å². The average Bonchev–Trinajstić information content (AvgIpc) is 4.19. The van der Waals surface area contributed by atoms with E-state index in [0.29, 0.717) is 36.2 Å². The van der Waals surface area contributed by atoms with Crippen LogP contribution in [0.15, 0.2) is 65.6 Å². The highest BCUT2D eigenvalue weighted by molar-refractivity contribution is 5.89. The molecule has 9 rings (SSSR count). The number of carbonyl (C=O) groups excluding carboxylic acids is 4. The highest BCUT2D eigenvalue weighted by Gasteiger charge is 2.43. The summed E-state index contributed by atoms with van der Waals surface area (Å²) in [6, 6.07) is 16.8. The topological polar surface area (TPSA) is 195 Å². The van der Waals surface area contributed by atoms with Crippen LogP contribution >= 0.6 is 0 Å². The number of methoxy groups -OCH3 is 2. The van der Waals surface area contributed by atoms with Crippen molar-refractivity contribution in [3.8, 4) is 33.5 Å². The molecule has 16 nitrogen and oxygen atoms in total. The number of likely N-dealkylation sites (tertiary alicyclic amines) is 3. The largest absolute Gasteiger partial charge is 0.453 e. The first-order valence-corrected chi connectivity index (χ1v) is 24.9. The molecule has 4 unspecified atom stereocenters. The zero-order chi connectivity index (χ0) is 49.6. The molecule has 4 amide bonds. The second-order valence-corrected chi connectivity index (χ2v) is 21.0. The van der Waals surface area contributed by atoms with Gasteiger partial charge in [-0.25, -0.2) is 19.6 Å². The number of fused-ring (bicyclic) bond motifs is 2. The molecule has 5 heterocycles. The van der Waals surface area contributed by atoms with E-state index in [1.807, 2.05) is 50.9 Å². The fraction of sp³-hybridized carbons (Fsp3) is 0.500. The summed E-state index contributed by atoms with van der Waals surface area (Å²) in [6.07, 6.45) is 6.95. The highest BCUT2D eigenvalue weighted by Crippen LogP contribution is 2.50. The molecule has 0 radical (unpaired) electrons. The Hall–Kier alpha value is -6.55. The maximum Gasteiger partial charge on any atom is 0.407 e. The molecule has 3 fully saturated rings. The number of carbonyl (C=O) groups is 4. The van der Waals surface area contributed by atoms with Gasteiger partial charge in [0.1, 0.15) is 23.7 Å². The van der Waals surface area contributed by atoms with E-state index in [1.54, 1.807) is 4.90 Å². The lowest BCUT2D eigenvalue weighted by atomic mass is 9.75. The van der Waals surface area contributed by atoms with Crippen LogP contribution in [0.25, 0.3) is 44.4 Å². The molecular formula is C54H67N9O7. The third-order valence-corrected chi connectivity index (χ3v) is 15.5. The van der Waals surface area contributed by atoms with Gasteiger partial charge < -0.3 is 44.8 Å². The number of nitrogens with one attached hydrogen (secondary N) is 4. The van der Waals surface area contributed by atoms with E-state index in [4.69, 9.17) is 19.4 Å². The lowest BCUT2D eigenvalue weighted by Gasteiger charge is -2.37. The molecule has 0 saturated carbocycles. The summed E-state index contributed by atoms with van der Waals surface area (Å²) < 4.78 is 9.63. The first kappa shape index (κ1) is 48.5. The summed E-state index contributed by atoms with van der Waals surface area (Å²) in [7, 11) is 4.77. The van der Waals surface area contributed by atoms with Crippen LogP contribution in [0.1, 0.15) is 102 Å². The van der Waals surface area contributed by atoms with Gasteiger partial charge in [-0.1, -0.05) is 77.1 Å². The molecule has 3 aliphatic heterocycles. The van der Waals surface area contributed by atoms with Gasteiger partial charge >= 0.3 is 12.2 Å². The molecule has 5 atom stereocenters. The second kappa shape index (κ2) is 19.7. The van der Waals surface area contributed by atoms with Gasteiger partial charge in [0, 0.05) is 13.1 Å². The lowest BCUT2D eigenvalue weighted by Crippen LogP contribution is -2.51. The number of benzene rings is 3. The zero-order valence-electron chi connectivity index (χ0n) is 41.7. The Labute approximate surface area is 409 Å². The Bertz CT molecular complexity index is 2850. The number of aromatic nitrogens is 4. The normalized spacial score (nSPS) is 20.8. The number of ether oxygens (including phenoxy) is 2. The minimum atomic E-state index is -0.787. The van der Waals surface area contributed by atoms with Crippen molar-refractivity contribution in [3.05, 3.63) is 93.9 Å². The maximum absolute atomic E-state index is 14.1. The van der Waals surface area contributed by atoms with Crippen molar-refractivity contribution in [1.29, 1.82) is 0 Å². The van der Waals surface area contributed by atoms with Crippen molar-refractivity contribution in [3.63, 3.8) is 0 Å². The van der Waals surface area contributed by atoms with Crippen molar-refractivity contribution < 1.29 is 28.7 Å². The summed E-state index contributed by atoms with van der Waals surface area (Å²) in [5.41, 5.74) is 9.43. The predicted molar refractivity (Wildman–Crippen MR) is 268 cm³/mol. The Balaban J connectivity index is 0.991. The van der Waals surface area contributed by atoms with Gasteiger partial charge in [-0.2, -0.15) is 0 Å². The number of hydrogen-bond donors (Lipinski definition) is 4. The lowest BCUT2D eigenvalue weighted by molar-refractivity contribution is -0.136. The number of rotatable bonds is 11. The molecular weight excluding hydrogens is 887 g/mol. The number of alkyl carbamates (subject to hydrolysis) is 2. The fourth-order valence-corrected chi connectivity index (χ4v) is 11.5. The van der Waals surface area contributed by atoms with Crippen LogP contribution in [0.4, 0.5) is 9.59 Å². The van der Waals surface area contributed by atoms with Crippen molar-refractivity contribution in [2.45, 2.75) is 104 Å². The van der Waals surface area contributed by atoms with Crippen molar-refractivity contribution >= 4 is 34.9 Å². The predicted octanol–water partition coefficient (Wildman–Crippen LogP) is 7.79. The van der Waals surface area contributed by atoms with E-state index in [0.717, 1.165) is 85.4 Å². The minimum absolute atomic E-state index is 0.119. The Morgan fingerprint density at radius 1 is 0.743 bits per heavy atom. The number of nitrogens with zero attached hydrogens (tertiary/aromatic N) is 5. The number of H-pyrrole nitrogens is 2. The molecule has 4 aliphatic rings. The summed E-state index contributed by atoms with van der Waals surface area (Å²) in [5.74, 6) is 0.657. The standard InChI is InChI=1S/C54H67N9O7/c1-30(2)45(58-52(67)69-7)50(65)62-21-9-10-43(62)47-55-28-42(57-47)34-13-11-33(12-14-34)36-16-17-37(40-27-54(26-39(36)40)19-22-61(6)23-20-54)35-15-18-41-38(25-35)49(64)60-48(56-41)44-24-32(5)29-63(44)51(66)46(31(3)4)59-53(68)70-8/h11-18,25,28,30-32,43-46H,9-10,19-24,26-27,29H2,1-8H3,(H,55,57)(H,58,67)(H,59,68)(H,56,60,64)/t32?,43-,44?,45?,46?/m0/s1. The first-order valence-electron chi connectivity index (χ1n) is 24.9. The molecule has 5 aromatic rings. The van der Waals surface area contributed by atoms with Crippen molar-refractivity contribution in [1.82, 2.24) is 45.3 Å². The van der Waals surface area contributed by atoms with Gasteiger partial charge in [-0.05, 0) is 139 Å². The van der Waals surface area contributed by atoms with Gasteiger partial charge in [0.2, 0.25) is 11.8 Å². The Kier molecular flexibility index (Phi) is 13.6. The van der Waals surface area contributed by atoms with Gasteiger partial charge in [0.25, 0.3) is 5.56 Å². The van der Waals surface area contributed by atoms with Crippen LogP contribution in [0.5, 0.6) is 0 Å². The van der Waals surface area contributed by atoms with Crippen LogP contribution in [0.3, 0.4) is 0 Å². The molecule has 370 valence electrons. The molecule has 0 bridgehead atoms. The van der Waals surface area contributed by atoms with Crippen molar-refractivity contribution in [2.75, 3.05) is 47.4 Å². The smallest absolute Gasteiger partial charge is 0.407 e. The molecule has 3 saturated heterocycles. The van der Waals surface area contributed by atoms with Gasteiger partial charge in [-0.3, -0.25) is 14.4 Å². The third kappa shape index (κ3) is 9.41. The third-order valence-electron chi connectivity index (χ3n) is 15.5. The summed E-state index contributed by atoms with van der Waals surface area (Å²) in [5, 5.41) is 5.92. The van der Waals surface area contributed by atoms with E-state index in [1.165, 1.54) is 30.9 Å². The molecule has 1 aliphatic carbocycles. The summed E-state index contributed by atoms with van der Waals surface area (Å²) >= 11 is 0. The van der Waals surface area contributed by atoms with E-state index in [2.05, 4.69) is 81.9 Å². The SMILES string of the molecule is COC(=O)NC(C(=O)N1CC(C)CC1c1nc2ccc(-c3ccc(-c4ccc(-c5cnc([C@@H]6CCCN6C(=O)C(NC(=O)OC)C(C)C)[nH]5)cc4)c4c3CC3(CCN(C)CC3)C4)cc2c(=O)[nH]1)C(C)C. The van der Waals surface area contributed by atoms with E-state index in [9.17, 15) is 24.0 Å². The van der Waals surface area contributed by atoms with Crippen LogP contribution in [-0.4, -0.2) is 118 Å². The summed E-state index contributed by atoms with van der Waals surface area (Å²) in [6.45, 7) is 12.8. The number of amides is 4. The van der Waals surface area contributed by atoms with E-state index in [-0.39, 0.29) is 46.6 Å². The number of piperidine rings is 1. The molecule has 3 aromatic carbocycles. The molecule has 4 N–H and O–H groups in total. The zero-order valence-corrected chi connectivity index (χ0v) is 41.7. The first-order chi connectivity index (χ1) is 33.6. The highest BCUT2D eigenvalue weighted by atomic mass is 16.5. The Morgan fingerprint density at radius 2 is 1.33 bits per heavy atom. The minimum Gasteiger partial charge on any atom is -0.453 e. The Morgan fingerprint density at radius 3 is 1.94 bits per heavy atom. The average molecular weight is 954 g/mol. The van der Waals surface area contributed by atoms with E-state index < -0.39 is 30.3 Å². The van der Waals surface area contributed by atoms with Crippen LogP contribution in [0.2, 0.25) is 0 Å². The van der Waals surface area contributed by atoms with Gasteiger partial charge in [0.05, 0.1) is 49.1 Å². The van der Waals surface area contributed by atoms with Gasteiger partial charge in [-0.15, -0.1) is 0 Å². The second-order valence-electron chi connectivity index (χ2n) is 21.0. The quantitative estimate of drug-likeness (QED) is 0.102. The number of aromatic amines is 2. The van der Waals surface area contributed by atoms with Crippen LogP contribution in [0, 0.1) is 23.2 Å². The van der Waals surface area contributed by atoms with E-state index >= 15 is 0 Å². The number of hydrogen-bond acceptors (Lipinski definition) is 10. The van der Waals surface area contributed by atoms with Crippen LogP contribution < -0.4 is 16.2 Å². The molecule has 2 aromatic heterocycles. The molecule has 1 spiro atoms. The molecule has 16 heteroatoms. The maximum atomic E-state index is 14.1. The van der Waals surface area contributed by atoms with Gasteiger partial charge in [0.15, 0.2) is 0 Å².